The molecule has 0 spiro atoms. The summed E-state index contributed by atoms with van der Waals surface area (Å²) in [5.41, 5.74) is 4.24. The number of benzene rings is 2. The van der Waals surface area contributed by atoms with Gasteiger partial charge in [0.05, 0.1) is 5.69 Å². The van der Waals surface area contributed by atoms with Crippen molar-refractivity contribution in [2.24, 2.45) is 0 Å². The van der Waals surface area contributed by atoms with Crippen LogP contribution in [0, 0.1) is 0 Å². The minimum Gasteiger partial charge on any atom is -0.378 e. The number of piperazine rings is 1. The number of amides is 2. The number of H-pyrrole nitrogens is 1. The van der Waals surface area contributed by atoms with Crippen molar-refractivity contribution < 1.29 is 4.79 Å². The molecule has 150 valence electrons. The molecule has 3 aromatic rings. The van der Waals surface area contributed by atoms with Gasteiger partial charge in [-0.25, -0.2) is 4.79 Å². The van der Waals surface area contributed by atoms with Gasteiger partial charge in [-0.05, 0) is 29.8 Å². The SMILES string of the molecule is CN(C)c1ccc(-c2cc(NC(=O)N3CCN(c4ccccc4)CC3)n[nH]2)cc1. The molecule has 2 heterocycles. The first-order valence-corrected chi connectivity index (χ1v) is 9.79. The second kappa shape index (κ2) is 8.26. The van der Waals surface area contributed by atoms with Crippen LogP contribution >= 0.6 is 0 Å². The van der Waals surface area contributed by atoms with Gasteiger partial charge in [-0.15, -0.1) is 0 Å². The second-order valence-electron chi connectivity index (χ2n) is 7.35. The standard InChI is InChI=1S/C22H26N6O/c1-26(2)18-10-8-17(9-11-18)20-16-21(25-24-20)23-22(29)28-14-12-27(13-15-28)19-6-4-3-5-7-19/h3-11,16H,12-15H2,1-2H3,(H2,23,24,25,29). The van der Waals surface area contributed by atoms with E-state index in [2.05, 4.69) is 49.6 Å². The first-order valence-electron chi connectivity index (χ1n) is 9.79. The number of aromatic nitrogens is 2. The highest BCUT2D eigenvalue weighted by Crippen LogP contribution is 2.23. The summed E-state index contributed by atoms with van der Waals surface area (Å²) < 4.78 is 0. The number of nitrogens with zero attached hydrogens (tertiary/aromatic N) is 4. The van der Waals surface area contributed by atoms with Crippen LogP contribution in [-0.4, -0.2) is 61.4 Å². The normalized spacial score (nSPS) is 14.0. The smallest absolute Gasteiger partial charge is 0.323 e. The van der Waals surface area contributed by atoms with Crippen molar-refractivity contribution in [3.8, 4) is 11.3 Å². The Morgan fingerprint density at radius 2 is 1.69 bits per heavy atom. The maximum absolute atomic E-state index is 12.6. The van der Waals surface area contributed by atoms with Crippen molar-refractivity contribution in [1.29, 1.82) is 0 Å². The molecule has 1 aliphatic heterocycles. The highest BCUT2D eigenvalue weighted by atomic mass is 16.2. The lowest BCUT2D eigenvalue weighted by molar-refractivity contribution is 0.208. The van der Waals surface area contributed by atoms with Crippen molar-refractivity contribution in [3.63, 3.8) is 0 Å². The molecule has 2 aromatic carbocycles. The number of urea groups is 1. The van der Waals surface area contributed by atoms with Crippen LogP contribution in [0.4, 0.5) is 22.0 Å². The number of hydrogen-bond donors (Lipinski definition) is 2. The van der Waals surface area contributed by atoms with E-state index in [1.165, 1.54) is 5.69 Å². The topological polar surface area (TPSA) is 67.5 Å². The Morgan fingerprint density at radius 3 is 2.34 bits per heavy atom. The van der Waals surface area contributed by atoms with Crippen LogP contribution in [0.3, 0.4) is 0 Å². The summed E-state index contributed by atoms with van der Waals surface area (Å²) in [6.45, 7) is 3.01. The van der Waals surface area contributed by atoms with Crippen molar-refractivity contribution in [1.82, 2.24) is 15.1 Å². The summed E-state index contributed by atoms with van der Waals surface area (Å²) in [5, 5.41) is 10.1. The lowest BCUT2D eigenvalue weighted by Gasteiger charge is -2.35. The zero-order valence-electron chi connectivity index (χ0n) is 16.8. The fraction of sp³-hybridized carbons (Fsp3) is 0.273. The van der Waals surface area contributed by atoms with Crippen LogP contribution in [0.1, 0.15) is 0 Å². The first kappa shape index (κ1) is 18.9. The third-order valence-electron chi connectivity index (χ3n) is 5.20. The molecule has 1 aromatic heterocycles. The van der Waals surface area contributed by atoms with Gasteiger partial charge in [0.15, 0.2) is 5.82 Å². The van der Waals surface area contributed by atoms with E-state index >= 15 is 0 Å². The summed E-state index contributed by atoms with van der Waals surface area (Å²) in [6.07, 6.45) is 0. The van der Waals surface area contributed by atoms with Crippen LogP contribution in [0.25, 0.3) is 11.3 Å². The first-order chi connectivity index (χ1) is 14.1. The summed E-state index contributed by atoms with van der Waals surface area (Å²) in [7, 11) is 4.02. The predicted octanol–water partition coefficient (Wildman–Crippen LogP) is 3.50. The number of hydrogen-bond acceptors (Lipinski definition) is 4. The molecule has 2 amide bonds. The molecular weight excluding hydrogens is 364 g/mol. The van der Waals surface area contributed by atoms with Gasteiger partial charge in [-0.3, -0.25) is 10.4 Å². The van der Waals surface area contributed by atoms with E-state index in [1.54, 1.807) is 0 Å². The van der Waals surface area contributed by atoms with Gasteiger partial charge in [0.2, 0.25) is 0 Å². The van der Waals surface area contributed by atoms with E-state index < -0.39 is 0 Å². The molecule has 0 bridgehead atoms. The van der Waals surface area contributed by atoms with Crippen molar-refractivity contribution in [3.05, 3.63) is 60.7 Å². The van der Waals surface area contributed by atoms with Crippen LogP contribution < -0.4 is 15.1 Å². The molecule has 0 aliphatic carbocycles. The average Bonchev–Trinajstić information content (AvgIpc) is 3.23. The number of para-hydroxylation sites is 1. The minimum atomic E-state index is -0.112. The third kappa shape index (κ3) is 4.34. The third-order valence-corrected chi connectivity index (χ3v) is 5.20. The largest absolute Gasteiger partial charge is 0.378 e. The van der Waals surface area contributed by atoms with Gasteiger partial charge in [-0.2, -0.15) is 5.10 Å². The zero-order valence-corrected chi connectivity index (χ0v) is 16.8. The molecule has 1 saturated heterocycles. The van der Waals surface area contributed by atoms with Crippen LogP contribution in [0.5, 0.6) is 0 Å². The van der Waals surface area contributed by atoms with E-state index in [0.717, 1.165) is 30.0 Å². The van der Waals surface area contributed by atoms with Crippen LogP contribution in [-0.2, 0) is 0 Å². The summed E-state index contributed by atoms with van der Waals surface area (Å²) >= 11 is 0. The number of carbonyl (C=O) groups is 1. The Bertz CT molecular complexity index is 943. The maximum Gasteiger partial charge on any atom is 0.323 e. The van der Waals surface area contributed by atoms with Gasteiger partial charge in [-0.1, -0.05) is 30.3 Å². The van der Waals surface area contributed by atoms with Gasteiger partial charge >= 0.3 is 6.03 Å². The van der Waals surface area contributed by atoms with Crippen molar-refractivity contribution in [2.75, 3.05) is 55.4 Å². The van der Waals surface area contributed by atoms with Gasteiger partial charge in [0, 0.05) is 57.7 Å². The van der Waals surface area contributed by atoms with Gasteiger partial charge in [0.1, 0.15) is 0 Å². The lowest BCUT2D eigenvalue weighted by atomic mass is 10.1. The Labute approximate surface area is 170 Å². The van der Waals surface area contributed by atoms with Crippen LogP contribution in [0.15, 0.2) is 60.7 Å². The number of aromatic amines is 1. The molecule has 0 saturated carbocycles. The molecule has 0 atom stereocenters. The minimum absolute atomic E-state index is 0.112. The molecule has 1 fully saturated rings. The fourth-order valence-corrected chi connectivity index (χ4v) is 3.47. The lowest BCUT2D eigenvalue weighted by Crippen LogP contribution is -2.50. The summed E-state index contributed by atoms with van der Waals surface area (Å²) in [4.78, 5) is 18.8. The fourth-order valence-electron chi connectivity index (χ4n) is 3.47. The Kier molecular flexibility index (Phi) is 5.37. The zero-order chi connectivity index (χ0) is 20.2. The highest BCUT2D eigenvalue weighted by molar-refractivity contribution is 5.89. The molecule has 1 aliphatic rings. The maximum atomic E-state index is 12.6. The number of nitrogens with one attached hydrogen (secondary N) is 2. The molecule has 7 heteroatoms. The monoisotopic (exact) mass is 390 g/mol. The summed E-state index contributed by atoms with van der Waals surface area (Å²) in [6, 6.07) is 20.2. The van der Waals surface area contributed by atoms with Gasteiger partial charge < -0.3 is 14.7 Å². The molecule has 0 radical (unpaired) electrons. The molecule has 4 rings (SSSR count). The molecular formula is C22H26N6O. The average molecular weight is 390 g/mol. The predicted molar refractivity (Wildman–Crippen MR) is 118 cm³/mol. The van der Waals surface area contributed by atoms with E-state index in [-0.39, 0.29) is 6.03 Å². The number of anilines is 3. The second-order valence-corrected chi connectivity index (χ2v) is 7.35. The van der Waals surface area contributed by atoms with E-state index in [1.807, 2.05) is 55.4 Å². The molecule has 29 heavy (non-hydrogen) atoms. The van der Waals surface area contributed by atoms with E-state index in [9.17, 15) is 4.79 Å². The Hall–Kier alpha value is -3.48. The molecule has 0 unspecified atom stereocenters. The van der Waals surface area contributed by atoms with E-state index in [0.29, 0.717) is 18.9 Å². The summed E-state index contributed by atoms with van der Waals surface area (Å²) in [5.74, 6) is 0.534. The highest BCUT2D eigenvalue weighted by Gasteiger charge is 2.21. The number of rotatable bonds is 4. The molecule has 2 N–H and O–H groups in total. The number of carbonyl (C=O) groups excluding carboxylic acids is 1. The Balaban J connectivity index is 1.34. The van der Waals surface area contributed by atoms with Gasteiger partial charge in [0.25, 0.3) is 0 Å². The Morgan fingerprint density at radius 1 is 1.00 bits per heavy atom. The van der Waals surface area contributed by atoms with E-state index in [4.69, 9.17) is 0 Å². The van der Waals surface area contributed by atoms with Crippen molar-refractivity contribution >= 4 is 23.2 Å². The quantitative estimate of drug-likeness (QED) is 0.716. The van der Waals surface area contributed by atoms with Crippen LogP contribution in [0.2, 0.25) is 0 Å². The van der Waals surface area contributed by atoms with Crippen molar-refractivity contribution in [2.45, 2.75) is 0 Å². The molecule has 7 nitrogen and oxygen atoms in total.